The van der Waals surface area contributed by atoms with Crippen molar-refractivity contribution in [3.05, 3.63) is 52.1 Å². The van der Waals surface area contributed by atoms with Crippen LogP contribution in [0, 0.1) is 23.7 Å². The Bertz CT molecular complexity index is 1910. The highest BCUT2D eigenvalue weighted by molar-refractivity contribution is 5.68. The van der Waals surface area contributed by atoms with Crippen LogP contribution in [0.4, 0.5) is 0 Å². The van der Waals surface area contributed by atoms with Gasteiger partial charge in [-0.1, -0.05) is 26.7 Å². The van der Waals surface area contributed by atoms with Crippen LogP contribution in [0.25, 0.3) is 0 Å². The number of rotatable bonds is 4. The molecule has 8 rings (SSSR count). The summed E-state index contributed by atoms with van der Waals surface area (Å²) in [5.41, 5.74) is 2.21. The number of fused-ring (bicyclic) bond motifs is 10. The number of hydrogen-bond donors (Lipinski definition) is 7. The summed E-state index contributed by atoms with van der Waals surface area (Å²) in [7, 11) is 0. The lowest BCUT2D eigenvalue weighted by Gasteiger charge is -2.54. The Balaban J connectivity index is 1.35. The first-order valence-corrected chi connectivity index (χ1v) is 19.1. The van der Waals surface area contributed by atoms with E-state index >= 15 is 0 Å². The van der Waals surface area contributed by atoms with E-state index in [1.165, 1.54) is 12.1 Å². The summed E-state index contributed by atoms with van der Waals surface area (Å²) in [5, 5.41) is 73.4. The number of phenolic OH excluding ortho intramolecular Hbond substituents is 6. The van der Waals surface area contributed by atoms with Crippen LogP contribution in [-0.4, -0.2) is 53.1 Å². The Labute approximate surface area is 309 Å². The van der Waals surface area contributed by atoms with Crippen molar-refractivity contribution in [1.82, 2.24) is 0 Å². The fourth-order valence-electron chi connectivity index (χ4n) is 10.5. The normalized spacial score (nSPS) is 31.2. The molecule has 5 aliphatic rings. The summed E-state index contributed by atoms with van der Waals surface area (Å²) in [6.07, 6.45) is 2.69. The van der Waals surface area contributed by atoms with Crippen molar-refractivity contribution in [3.8, 4) is 51.7 Å². The van der Waals surface area contributed by atoms with Gasteiger partial charge < -0.3 is 54.7 Å². The van der Waals surface area contributed by atoms with Crippen molar-refractivity contribution in [2.24, 2.45) is 23.7 Å². The standard InChI is InChI=1S/C42H52O11/c1-18-7-9-25-22(11-18)32-37-24(38-33(39(32)53-42(25,5)6)23-12-19(2)8-10-26(23)41(3,4)52-38)17-31(36(51-37)20-13-27(43)34(47)28(44)14-20)50-40(49)21-15-29(45)35(48)30(46)16-21/h13-16,18-19,22-23,25-26,31,36,40,43-49H,7-12,17H2,1-6H3/t18?,19?,22?,23?,25?,26?,31-,36-,40?/m1/s1. The molecule has 11 heteroatoms. The van der Waals surface area contributed by atoms with Crippen LogP contribution in [0.5, 0.6) is 51.7 Å². The maximum atomic E-state index is 11.4. The van der Waals surface area contributed by atoms with E-state index in [4.69, 9.17) is 18.9 Å². The number of benzene rings is 3. The van der Waals surface area contributed by atoms with E-state index in [1.807, 2.05) is 0 Å². The van der Waals surface area contributed by atoms with E-state index in [0.717, 1.165) is 73.1 Å². The van der Waals surface area contributed by atoms with Crippen LogP contribution in [0.3, 0.4) is 0 Å². The molecule has 0 spiro atoms. The van der Waals surface area contributed by atoms with Crippen LogP contribution >= 0.6 is 0 Å². The Hall–Kier alpha value is -4.22. The van der Waals surface area contributed by atoms with E-state index in [9.17, 15) is 35.7 Å². The van der Waals surface area contributed by atoms with Crippen LogP contribution in [0.2, 0.25) is 0 Å². The van der Waals surface area contributed by atoms with E-state index in [2.05, 4.69) is 41.5 Å². The second-order valence-corrected chi connectivity index (χ2v) is 17.6. The Morgan fingerprint density at radius 1 is 0.660 bits per heavy atom. The maximum absolute atomic E-state index is 11.4. The van der Waals surface area contributed by atoms with Crippen LogP contribution in [-0.2, 0) is 11.2 Å². The summed E-state index contributed by atoms with van der Waals surface area (Å²) >= 11 is 0. The molecule has 0 amide bonds. The summed E-state index contributed by atoms with van der Waals surface area (Å²) in [6, 6.07) is 4.80. The molecule has 3 aliphatic heterocycles. The van der Waals surface area contributed by atoms with Gasteiger partial charge in [0.2, 0.25) is 0 Å². The molecule has 7 unspecified atom stereocenters. The predicted molar refractivity (Wildman–Crippen MR) is 194 cm³/mol. The molecule has 3 aromatic carbocycles. The molecule has 3 heterocycles. The van der Waals surface area contributed by atoms with E-state index < -0.39 is 64.2 Å². The first-order valence-electron chi connectivity index (χ1n) is 19.1. The summed E-state index contributed by atoms with van der Waals surface area (Å²) < 4.78 is 27.7. The Morgan fingerprint density at radius 3 is 1.66 bits per heavy atom. The molecule has 286 valence electrons. The lowest BCUT2D eigenvalue weighted by atomic mass is 9.60. The number of hydrogen-bond acceptors (Lipinski definition) is 11. The quantitative estimate of drug-likeness (QED) is 0.102. The number of phenols is 6. The smallest absolute Gasteiger partial charge is 0.200 e. The molecule has 2 aliphatic carbocycles. The van der Waals surface area contributed by atoms with E-state index in [1.54, 1.807) is 0 Å². The first kappa shape index (κ1) is 35.8. The molecule has 0 aromatic heterocycles. The largest absolute Gasteiger partial charge is 0.504 e. The van der Waals surface area contributed by atoms with Gasteiger partial charge in [-0.3, -0.25) is 0 Å². The van der Waals surface area contributed by atoms with Gasteiger partial charge in [-0.05, 0) is 101 Å². The van der Waals surface area contributed by atoms with E-state index in [-0.39, 0.29) is 41.2 Å². The van der Waals surface area contributed by atoms with Crippen molar-refractivity contribution < 1.29 is 54.7 Å². The third-order valence-electron chi connectivity index (χ3n) is 13.1. The highest BCUT2D eigenvalue weighted by Crippen LogP contribution is 2.66. The second-order valence-electron chi connectivity index (χ2n) is 17.6. The molecule has 3 aromatic rings. The molecule has 0 bridgehead atoms. The van der Waals surface area contributed by atoms with Crippen molar-refractivity contribution >= 4 is 0 Å². The molecule has 0 radical (unpaired) electrons. The molecule has 0 saturated heterocycles. The zero-order valence-electron chi connectivity index (χ0n) is 31.2. The number of aliphatic hydroxyl groups excluding tert-OH is 1. The van der Waals surface area contributed by atoms with Crippen LogP contribution in [0.1, 0.15) is 132 Å². The van der Waals surface area contributed by atoms with Gasteiger partial charge in [0, 0.05) is 46.1 Å². The number of ether oxygens (including phenoxy) is 4. The molecule has 7 N–H and O–H groups in total. The lowest BCUT2D eigenvalue weighted by molar-refractivity contribution is -0.170. The minimum Gasteiger partial charge on any atom is -0.504 e. The lowest BCUT2D eigenvalue weighted by Crippen LogP contribution is -2.50. The minimum atomic E-state index is -1.70. The SMILES string of the molecule is CC1CCC2C(C1)c1c(c3c(c4c1OC(C)(C)C1CCC(C)CC41)O[C@H](c1cc(O)c(O)c(O)c1)[C@H](OC(O)c1cc(O)c(O)c(O)c1)C3)OC2(C)C. The van der Waals surface area contributed by atoms with Crippen LogP contribution in [0.15, 0.2) is 24.3 Å². The van der Waals surface area contributed by atoms with E-state index in [0.29, 0.717) is 23.3 Å². The molecule has 53 heavy (non-hydrogen) atoms. The van der Waals surface area contributed by atoms with Crippen molar-refractivity contribution in [2.75, 3.05) is 0 Å². The van der Waals surface area contributed by atoms with Gasteiger partial charge in [-0.2, -0.15) is 0 Å². The third kappa shape index (κ3) is 5.77. The highest BCUT2D eigenvalue weighted by Gasteiger charge is 2.55. The van der Waals surface area contributed by atoms with Gasteiger partial charge in [0.25, 0.3) is 0 Å². The monoisotopic (exact) mass is 732 g/mol. The average Bonchev–Trinajstić information content (AvgIpc) is 3.08. The second kappa shape index (κ2) is 12.4. The number of aromatic hydroxyl groups is 6. The molecular weight excluding hydrogens is 680 g/mol. The molecule has 2 fully saturated rings. The average molecular weight is 733 g/mol. The summed E-state index contributed by atoms with van der Waals surface area (Å²) in [4.78, 5) is 0. The van der Waals surface area contributed by atoms with Gasteiger partial charge in [0.05, 0.1) is 0 Å². The van der Waals surface area contributed by atoms with Crippen LogP contribution < -0.4 is 14.2 Å². The third-order valence-corrected chi connectivity index (χ3v) is 13.1. The molecule has 2 saturated carbocycles. The predicted octanol–water partition coefficient (Wildman–Crippen LogP) is 8.05. The first-order chi connectivity index (χ1) is 24.9. The van der Waals surface area contributed by atoms with Crippen molar-refractivity contribution in [3.63, 3.8) is 0 Å². The van der Waals surface area contributed by atoms with Gasteiger partial charge >= 0.3 is 0 Å². The van der Waals surface area contributed by atoms with Gasteiger partial charge in [0.1, 0.15) is 34.6 Å². The highest BCUT2D eigenvalue weighted by atomic mass is 16.6. The summed E-state index contributed by atoms with van der Waals surface area (Å²) in [5.74, 6) is 0.182. The van der Waals surface area contributed by atoms with Crippen molar-refractivity contribution in [2.45, 2.75) is 128 Å². The molecule has 11 nitrogen and oxygen atoms in total. The maximum Gasteiger partial charge on any atom is 0.200 e. The fourth-order valence-corrected chi connectivity index (χ4v) is 10.5. The van der Waals surface area contributed by atoms with Gasteiger partial charge in [-0.15, -0.1) is 0 Å². The zero-order chi connectivity index (χ0) is 37.9. The Kier molecular flexibility index (Phi) is 8.38. The number of aliphatic hydroxyl groups is 1. The van der Waals surface area contributed by atoms with Gasteiger partial charge in [-0.25, -0.2) is 0 Å². The molecule has 9 atom stereocenters. The van der Waals surface area contributed by atoms with Crippen molar-refractivity contribution in [1.29, 1.82) is 0 Å². The Morgan fingerprint density at radius 2 is 1.13 bits per heavy atom. The minimum absolute atomic E-state index is 0.0164. The topological polar surface area (TPSA) is 179 Å². The molecular formula is C42H52O11. The van der Waals surface area contributed by atoms with Gasteiger partial charge in [0.15, 0.2) is 46.9 Å². The zero-order valence-corrected chi connectivity index (χ0v) is 31.2. The summed E-state index contributed by atoms with van der Waals surface area (Å²) in [6.45, 7) is 13.3. The fraction of sp³-hybridized carbons (Fsp3) is 0.571.